The molecule has 1 aliphatic heterocycles. The fourth-order valence-corrected chi connectivity index (χ4v) is 4.49. The SMILES string of the molecule is N#Cc1ccc2[nH]cc(CCCCC3NCCCC3c3ccccc3)c2c1. The first-order valence-electron chi connectivity index (χ1n) is 10.1. The van der Waals surface area contributed by atoms with Crippen molar-refractivity contribution in [3.05, 3.63) is 71.4 Å². The average molecular weight is 358 g/mol. The first kappa shape index (κ1) is 17.8. The van der Waals surface area contributed by atoms with E-state index in [2.05, 4.69) is 52.9 Å². The van der Waals surface area contributed by atoms with Gasteiger partial charge in [-0.1, -0.05) is 36.8 Å². The van der Waals surface area contributed by atoms with E-state index < -0.39 is 0 Å². The van der Waals surface area contributed by atoms with Gasteiger partial charge in [-0.05, 0) is 73.9 Å². The third-order valence-electron chi connectivity index (χ3n) is 5.92. The molecule has 2 N–H and O–H groups in total. The number of aryl methyl sites for hydroxylation is 1. The minimum absolute atomic E-state index is 0.592. The van der Waals surface area contributed by atoms with Crippen molar-refractivity contribution in [2.24, 2.45) is 0 Å². The quantitative estimate of drug-likeness (QED) is 0.589. The molecule has 1 aliphatic rings. The first-order chi connectivity index (χ1) is 13.3. The highest BCUT2D eigenvalue weighted by Crippen LogP contribution is 2.30. The summed E-state index contributed by atoms with van der Waals surface area (Å²) in [6, 6.07) is 19.7. The molecule has 27 heavy (non-hydrogen) atoms. The molecule has 0 amide bonds. The summed E-state index contributed by atoms with van der Waals surface area (Å²) in [7, 11) is 0. The lowest BCUT2D eigenvalue weighted by atomic mass is 9.82. The van der Waals surface area contributed by atoms with Crippen molar-refractivity contribution in [1.29, 1.82) is 5.26 Å². The summed E-state index contributed by atoms with van der Waals surface area (Å²) in [5, 5.41) is 14.1. The number of rotatable bonds is 6. The summed E-state index contributed by atoms with van der Waals surface area (Å²) in [5.41, 5.74) is 4.68. The molecule has 0 radical (unpaired) electrons. The van der Waals surface area contributed by atoms with Crippen molar-refractivity contribution in [3.8, 4) is 6.07 Å². The molecule has 2 unspecified atom stereocenters. The highest BCUT2D eigenvalue weighted by atomic mass is 14.9. The van der Waals surface area contributed by atoms with E-state index in [9.17, 15) is 0 Å². The zero-order valence-electron chi connectivity index (χ0n) is 15.7. The van der Waals surface area contributed by atoms with E-state index in [-0.39, 0.29) is 0 Å². The summed E-state index contributed by atoms with van der Waals surface area (Å²) >= 11 is 0. The van der Waals surface area contributed by atoms with Gasteiger partial charge >= 0.3 is 0 Å². The van der Waals surface area contributed by atoms with Crippen LogP contribution in [0.15, 0.2) is 54.7 Å². The Balaban J connectivity index is 1.35. The van der Waals surface area contributed by atoms with Gasteiger partial charge in [0, 0.05) is 23.1 Å². The highest BCUT2D eigenvalue weighted by molar-refractivity contribution is 5.84. The maximum absolute atomic E-state index is 9.14. The Bertz CT molecular complexity index is 920. The van der Waals surface area contributed by atoms with Gasteiger partial charge in [0.2, 0.25) is 0 Å². The van der Waals surface area contributed by atoms with Crippen LogP contribution < -0.4 is 5.32 Å². The summed E-state index contributed by atoms with van der Waals surface area (Å²) in [5.74, 6) is 0.645. The number of aromatic amines is 1. The van der Waals surface area contributed by atoms with Crippen molar-refractivity contribution in [1.82, 2.24) is 10.3 Å². The van der Waals surface area contributed by atoms with Gasteiger partial charge in [0.25, 0.3) is 0 Å². The van der Waals surface area contributed by atoms with Crippen LogP contribution in [0.2, 0.25) is 0 Å². The van der Waals surface area contributed by atoms with Crippen LogP contribution >= 0.6 is 0 Å². The second kappa shape index (κ2) is 8.41. The Labute approximate surface area is 161 Å². The van der Waals surface area contributed by atoms with Crippen molar-refractivity contribution in [2.75, 3.05) is 6.54 Å². The summed E-state index contributed by atoms with van der Waals surface area (Å²) in [6.45, 7) is 1.15. The van der Waals surface area contributed by atoms with Crippen LogP contribution in [0.25, 0.3) is 10.9 Å². The Morgan fingerprint density at radius 2 is 1.96 bits per heavy atom. The summed E-state index contributed by atoms with van der Waals surface area (Å²) < 4.78 is 0. The molecule has 0 bridgehead atoms. The Kier molecular flexibility index (Phi) is 5.55. The Morgan fingerprint density at radius 3 is 2.81 bits per heavy atom. The number of nitrogens with zero attached hydrogens (tertiary/aromatic N) is 1. The second-order valence-electron chi connectivity index (χ2n) is 7.65. The molecular weight excluding hydrogens is 330 g/mol. The van der Waals surface area contributed by atoms with E-state index in [0.717, 1.165) is 24.0 Å². The van der Waals surface area contributed by atoms with Crippen LogP contribution in [-0.2, 0) is 6.42 Å². The van der Waals surface area contributed by atoms with Gasteiger partial charge < -0.3 is 10.3 Å². The average Bonchev–Trinajstić information content (AvgIpc) is 3.14. The molecule has 3 nitrogen and oxygen atoms in total. The first-order valence-corrected chi connectivity index (χ1v) is 10.1. The van der Waals surface area contributed by atoms with Gasteiger partial charge in [-0.15, -0.1) is 0 Å². The number of H-pyrrole nitrogens is 1. The number of hydrogen-bond acceptors (Lipinski definition) is 2. The lowest BCUT2D eigenvalue weighted by molar-refractivity contribution is 0.327. The Hall–Kier alpha value is -2.57. The molecule has 0 spiro atoms. The molecule has 2 aromatic carbocycles. The fraction of sp³-hybridized carbons (Fsp3) is 0.375. The van der Waals surface area contributed by atoms with Crippen molar-refractivity contribution in [2.45, 2.75) is 50.5 Å². The predicted octanol–water partition coefficient (Wildman–Crippen LogP) is 5.29. The number of unbranched alkanes of at least 4 members (excludes halogenated alkanes) is 1. The molecule has 0 saturated carbocycles. The molecule has 3 heteroatoms. The zero-order valence-corrected chi connectivity index (χ0v) is 15.7. The van der Waals surface area contributed by atoms with Crippen LogP contribution in [0.4, 0.5) is 0 Å². The number of benzene rings is 2. The van der Waals surface area contributed by atoms with Gasteiger partial charge in [-0.3, -0.25) is 0 Å². The molecule has 1 aromatic heterocycles. The number of hydrogen-bond donors (Lipinski definition) is 2. The van der Waals surface area contributed by atoms with Crippen molar-refractivity contribution in [3.63, 3.8) is 0 Å². The van der Waals surface area contributed by atoms with E-state index in [0.29, 0.717) is 12.0 Å². The molecule has 1 fully saturated rings. The van der Waals surface area contributed by atoms with E-state index in [4.69, 9.17) is 5.26 Å². The number of fused-ring (bicyclic) bond motifs is 1. The topological polar surface area (TPSA) is 51.6 Å². The third kappa shape index (κ3) is 4.07. The summed E-state index contributed by atoms with van der Waals surface area (Å²) in [6.07, 6.45) is 9.38. The minimum atomic E-state index is 0.592. The van der Waals surface area contributed by atoms with E-state index >= 15 is 0 Å². The number of nitriles is 1. The molecule has 2 atom stereocenters. The van der Waals surface area contributed by atoms with Gasteiger partial charge in [-0.2, -0.15) is 5.26 Å². The lowest BCUT2D eigenvalue weighted by Gasteiger charge is -2.33. The zero-order chi connectivity index (χ0) is 18.5. The van der Waals surface area contributed by atoms with Crippen LogP contribution in [0.1, 0.15) is 54.7 Å². The van der Waals surface area contributed by atoms with Gasteiger partial charge in [-0.25, -0.2) is 0 Å². The lowest BCUT2D eigenvalue weighted by Crippen LogP contribution is -2.39. The smallest absolute Gasteiger partial charge is 0.0991 e. The number of nitrogens with one attached hydrogen (secondary N) is 2. The Morgan fingerprint density at radius 1 is 1.07 bits per heavy atom. The maximum atomic E-state index is 9.14. The van der Waals surface area contributed by atoms with Gasteiger partial charge in [0.05, 0.1) is 11.6 Å². The molecule has 2 heterocycles. The van der Waals surface area contributed by atoms with Crippen molar-refractivity contribution >= 4 is 10.9 Å². The normalized spacial score (nSPS) is 19.8. The molecule has 138 valence electrons. The van der Waals surface area contributed by atoms with Crippen LogP contribution in [0, 0.1) is 11.3 Å². The fourth-order valence-electron chi connectivity index (χ4n) is 4.49. The monoisotopic (exact) mass is 357 g/mol. The summed E-state index contributed by atoms with van der Waals surface area (Å²) in [4.78, 5) is 3.34. The van der Waals surface area contributed by atoms with Gasteiger partial charge in [0.15, 0.2) is 0 Å². The number of piperidine rings is 1. The third-order valence-corrected chi connectivity index (χ3v) is 5.92. The minimum Gasteiger partial charge on any atom is -0.361 e. The van der Waals surface area contributed by atoms with Crippen LogP contribution in [0.5, 0.6) is 0 Å². The second-order valence-corrected chi connectivity index (χ2v) is 7.65. The standard InChI is InChI=1S/C24H27N3/c25-16-18-12-13-24-22(15-18)20(17-27-24)9-4-5-11-23-21(10-6-14-26-23)19-7-2-1-3-8-19/h1-3,7-8,12-13,15,17,21,23,26-27H,4-6,9-11,14H2. The molecule has 4 rings (SSSR count). The van der Waals surface area contributed by atoms with Gasteiger partial charge in [0.1, 0.15) is 0 Å². The van der Waals surface area contributed by atoms with Crippen LogP contribution in [0.3, 0.4) is 0 Å². The molecule has 3 aromatic rings. The van der Waals surface area contributed by atoms with E-state index in [1.165, 1.54) is 48.6 Å². The predicted molar refractivity (Wildman–Crippen MR) is 111 cm³/mol. The van der Waals surface area contributed by atoms with Crippen molar-refractivity contribution < 1.29 is 0 Å². The highest BCUT2D eigenvalue weighted by Gasteiger charge is 2.25. The molecule has 0 aliphatic carbocycles. The maximum Gasteiger partial charge on any atom is 0.0991 e. The van der Waals surface area contributed by atoms with Crippen LogP contribution in [-0.4, -0.2) is 17.6 Å². The number of aromatic nitrogens is 1. The molecular formula is C24H27N3. The van der Waals surface area contributed by atoms with E-state index in [1.807, 2.05) is 18.2 Å². The van der Waals surface area contributed by atoms with E-state index in [1.54, 1.807) is 0 Å². The largest absolute Gasteiger partial charge is 0.361 e. The molecule has 1 saturated heterocycles.